The Morgan fingerprint density at radius 2 is 1.67 bits per heavy atom. The highest BCUT2D eigenvalue weighted by Crippen LogP contribution is 2.30. The van der Waals surface area contributed by atoms with E-state index in [9.17, 15) is 27.6 Å². The summed E-state index contributed by atoms with van der Waals surface area (Å²) >= 11 is 6.24. The molecule has 10 nitrogen and oxygen atoms in total. The van der Waals surface area contributed by atoms with E-state index in [1.165, 1.54) is 60.7 Å². The minimum absolute atomic E-state index is 0.0557. The van der Waals surface area contributed by atoms with Crippen molar-refractivity contribution in [3.05, 3.63) is 94.0 Å². The fourth-order valence-electron chi connectivity index (χ4n) is 3.57. The minimum Gasteiger partial charge on any atom is -0.462 e. The maximum Gasteiger partial charge on any atom is 0.339 e. The van der Waals surface area contributed by atoms with Gasteiger partial charge in [-0.1, -0.05) is 35.4 Å². The van der Waals surface area contributed by atoms with Crippen LogP contribution in [0.2, 0.25) is 5.02 Å². The molecule has 0 unspecified atom stereocenters. The zero-order valence-electron chi connectivity index (χ0n) is 20.6. The first-order valence-electron chi connectivity index (χ1n) is 11.5. The lowest BCUT2D eigenvalue weighted by Crippen LogP contribution is -2.54. The zero-order chi connectivity index (χ0) is 28.3. The lowest BCUT2D eigenvalue weighted by Gasteiger charge is -2.26. The van der Waals surface area contributed by atoms with Gasteiger partial charge in [-0.15, -0.1) is 0 Å². The number of nitrogens with zero attached hydrogens (tertiary/aromatic N) is 1. The van der Waals surface area contributed by atoms with Gasteiger partial charge in [0, 0.05) is 0 Å². The van der Waals surface area contributed by atoms with Crippen LogP contribution in [0.4, 0.5) is 10.5 Å². The lowest BCUT2D eigenvalue weighted by atomic mass is 10.1. The van der Waals surface area contributed by atoms with Crippen molar-refractivity contribution in [3.63, 3.8) is 0 Å². The van der Waals surface area contributed by atoms with Gasteiger partial charge in [0.1, 0.15) is 10.5 Å². The van der Waals surface area contributed by atoms with Crippen LogP contribution in [0.5, 0.6) is 5.75 Å². The summed E-state index contributed by atoms with van der Waals surface area (Å²) in [5.74, 6) is -2.56. The zero-order valence-corrected chi connectivity index (χ0v) is 22.2. The number of nitrogens with one attached hydrogen (secondary N) is 1. The van der Waals surface area contributed by atoms with E-state index in [-0.39, 0.29) is 44.7 Å². The van der Waals surface area contributed by atoms with Gasteiger partial charge in [-0.05, 0) is 74.0 Å². The Labute approximate surface area is 228 Å². The maximum absolute atomic E-state index is 13.1. The quantitative estimate of drug-likeness (QED) is 0.193. The van der Waals surface area contributed by atoms with Gasteiger partial charge in [0.2, 0.25) is 0 Å². The number of esters is 1. The normalized spacial score (nSPS) is 14.8. The molecule has 3 aromatic carbocycles. The number of amides is 4. The van der Waals surface area contributed by atoms with Gasteiger partial charge in [0.15, 0.2) is 5.75 Å². The van der Waals surface area contributed by atoms with E-state index in [1.807, 2.05) is 6.92 Å². The van der Waals surface area contributed by atoms with Crippen LogP contribution in [0, 0.1) is 6.92 Å². The number of benzene rings is 3. The molecule has 0 aromatic heterocycles. The molecule has 1 aliphatic heterocycles. The predicted octanol–water partition coefficient (Wildman–Crippen LogP) is 4.26. The molecule has 200 valence electrons. The van der Waals surface area contributed by atoms with Gasteiger partial charge in [0.25, 0.3) is 11.8 Å². The average molecular weight is 569 g/mol. The van der Waals surface area contributed by atoms with Crippen LogP contribution >= 0.6 is 11.6 Å². The van der Waals surface area contributed by atoms with E-state index in [2.05, 4.69) is 5.32 Å². The van der Waals surface area contributed by atoms with E-state index in [0.29, 0.717) is 0 Å². The third kappa shape index (κ3) is 6.00. The Bertz CT molecular complexity index is 1610. The van der Waals surface area contributed by atoms with E-state index < -0.39 is 33.9 Å². The van der Waals surface area contributed by atoms with Crippen molar-refractivity contribution in [2.45, 2.75) is 18.7 Å². The van der Waals surface area contributed by atoms with Crippen LogP contribution in [0.1, 0.15) is 28.4 Å². The lowest BCUT2D eigenvalue weighted by molar-refractivity contribution is -0.122. The third-order valence-electron chi connectivity index (χ3n) is 5.51. The molecule has 39 heavy (non-hydrogen) atoms. The molecule has 1 fully saturated rings. The van der Waals surface area contributed by atoms with Crippen molar-refractivity contribution in [1.82, 2.24) is 5.32 Å². The van der Waals surface area contributed by atoms with Crippen molar-refractivity contribution < 1.29 is 36.5 Å². The van der Waals surface area contributed by atoms with Crippen LogP contribution < -0.4 is 14.4 Å². The number of aryl methyl sites for hydroxylation is 1. The summed E-state index contributed by atoms with van der Waals surface area (Å²) in [7, 11) is -4.16. The highest BCUT2D eigenvalue weighted by atomic mass is 35.5. The summed E-state index contributed by atoms with van der Waals surface area (Å²) in [6.07, 6.45) is 1.20. The molecule has 0 aliphatic carbocycles. The first kappa shape index (κ1) is 27.6. The molecule has 3 aromatic rings. The first-order valence-corrected chi connectivity index (χ1v) is 13.3. The second-order valence-corrected chi connectivity index (χ2v) is 10.2. The summed E-state index contributed by atoms with van der Waals surface area (Å²) in [5, 5.41) is 2.00. The Kier molecular flexibility index (Phi) is 7.84. The third-order valence-corrected chi connectivity index (χ3v) is 7.06. The largest absolute Gasteiger partial charge is 0.462 e. The number of hydrogen-bond donors (Lipinski definition) is 1. The number of carbonyl (C=O) groups is 4. The second kappa shape index (κ2) is 11.1. The molecule has 1 N–H and O–H groups in total. The van der Waals surface area contributed by atoms with Crippen LogP contribution in [0.3, 0.4) is 0 Å². The average Bonchev–Trinajstić information content (AvgIpc) is 2.88. The van der Waals surface area contributed by atoms with Crippen LogP contribution in [-0.4, -0.2) is 38.8 Å². The molecule has 0 spiro atoms. The number of barbiturate groups is 1. The number of carbonyl (C=O) groups excluding carboxylic acids is 4. The van der Waals surface area contributed by atoms with Gasteiger partial charge < -0.3 is 8.92 Å². The molecule has 12 heteroatoms. The second-order valence-electron chi connectivity index (χ2n) is 8.27. The van der Waals surface area contributed by atoms with E-state index in [1.54, 1.807) is 19.1 Å². The van der Waals surface area contributed by atoms with Crippen LogP contribution in [-0.2, 0) is 24.4 Å². The van der Waals surface area contributed by atoms with Gasteiger partial charge in [0.05, 0.1) is 22.9 Å². The Morgan fingerprint density at radius 1 is 1.00 bits per heavy atom. The predicted molar refractivity (Wildman–Crippen MR) is 142 cm³/mol. The summed E-state index contributed by atoms with van der Waals surface area (Å²) in [4.78, 5) is 50.7. The van der Waals surface area contributed by atoms with Gasteiger partial charge in [-0.2, -0.15) is 8.42 Å². The maximum atomic E-state index is 13.1. The number of ether oxygens (including phenoxy) is 1. The van der Waals surface area contributed by atoms with Gasteiger partial charge in [-0.25, -0.2) is 14.5 Å². The standard InChI is InChI=1S/C27H21ClN2O8S/c1-3-37-26(33)18-7-9-19(10-8-18)30-25(32)21(24(31)29-27(30)34)14-17-6-13-23(22(28)15-17)38-39(35,36)20-11-4-16(2)5-12-20/h4-15H,3H2,1-2H3,(H,29,31,34)/b21-14+. The fourth-order valence-corrected chi connectivity index (χ4v) is 4.79. The van der Waals surface area contributed by atoms with Crippen molar-refractivity contribution >= 4 is 57.3 Å². The number of anilines is 1. The molecule has 4 rings (SSSR count). The fraction of sp³-hybridized carbons (Fsp3) is 0.111. The number of urea groups is 1. The summed E-state index contributed by atoms with van der Waals surface area (Å²) < 4.78 is 35.3. The smallest absolute Gasteiger partial charge is 0.339 e. The van der Waals surface area contributed by atoms with Crippen molar-refractivity contribution in [2.24, 2.45) is 0 Å². The van der Waals surface area contributed by atoms with Crippen LogP contribution in [0.25, 0.3) is 6.08 Å². The van der Waals surface area contributed by atoms with Gasteiger partial charge >= 0.3 is 22.1 Å². The van der Waals surface area contributed by atoms with Gasteiger partial charge in [-0.3, -0.25) is 14.9 Å². The molecule has 0 radical (unpaired) electrons. The monoisotopic (exact) mass is 568 g/mol. The molecule has 4 amide bonds. The summed E-state index contributed by atoms with van der Waals surface area (Å²) in [6, 6.07) is 14.6. The van der Waals surface area contributed by atoms with Crippen molar-refractivity contribution in [1.29, 1.82) is 0 Å². The molecular weight excluding hydrogens is 548 g/mol. The molecule has 1 saturated heterocycles. The molecule has 0 saturated carbocycles. The Balaban J connectivity index is 1.58. The van der Waals surface area contributed by atoms with E-state index >= 15 is 0 Å². The van der Waals surface area contributed by atoms with Crippen LogP contribution in [0.15, 0.2) is 77.2 Å². The number of rotatable bonds is 7. The van der Waals surface area contributed by atoms with Crippen molar-refractivity contribution in [2.75, 3.05) is 11.5 Å². The first-order chi connectivity index (χ1) is 18.5. The minimum atomic E-state index is -4.16. The number of imide groups is 2. The van der Waals surface area contributed by atoms with E-state index in [4.69, 9.17) is 20.5 Å². The SMILES string of the molecule is CCOC(=O)c1ccc(N2C(=O)NC(=O)/C(=C\c3ccc(OS(=O)(=O)c4ccc(C)cc4)c(Cl)c3)C2=O)cc1. The number of halogens is 1. The number of hydrogen-bond acceptors (Lipinski definition) is 8. The molecule has 0 atom stereocenters. The summed E-state index contributed by atoms with van der Waals surface area (Å²) in [5.41, 5.74) is 1.11. The summed E-state index contributed by atoms with van der Waals surface area (Å²) in [6.45, 7) is 3.66. The molecule has 1 heterocycles. The van der Waals surface area contributed by atoms with E-state index in [0.717, 1.165) is 10.5 Å². The van der Waals surface area contributed by atoms with Crippen molar-refractivity contribution in [3.8, 4) is 5.75 Å². The Morgan fingerprint density at radius 3 is 2.28 bits per heavy atom. The molecular formula is C27H21ClN2O8S. The molecule has 0 bridgehead atoms. The topological polar surface area (TPSA) is 136 Å². The molecule has 1 aliphatic rings. The Hall–Kier alpha value is -4.48. The highest BCUT2D eigenvalue weighted by molar-refractivity contribution is 7.87. The highest BCUT2D eigenvalue weighted by Gasteiger charge is 2.37.